The normalized spacial score (nSPS) is 13.3. The largest absolute Gasteiger partial charge is 0.488 e. The van der Waals surface area contributed by atoms with E-state index in [0.717, 1.165) is 11.3 Å². The summed E-state index contributed by atoms with van der Waals surface area (Å²) in [6, 6.07) is 3.33. The maximum atomic E-state index is 11.0. The van der Waals surface area contributed by atoms with Crippen molar-refractivity contribution in [1.82, 2.24) is 15.0 Å². The molecule has 1 amide bonds. The Hall–Kier alpha value is -2.74. The number of ether oxygens (including phenoxy) is 1. The lowest BCUT2D eigenvalue weighted by molar-refractivity contribution is 0.203. The van der Waals surface area contributed by atoms with E-state index in [4.69, 9.17) is 15.6 Å². The predicted octanol–water partition coefficient (Wildman–Crippen LogP) is 2.80. The summed E-state index contributed by atoms with van der Waals surface area (Å²) < 4.78 is 5.71. The number of nitrogens with two attached hydrogens (primary N) is 1. The highest BCUT2D eigenvalue weighted by Crippen LogP contribution is 2.21. The van der Waals surface area contributed by atoms with E-state index in [1.165, 1.54) is 13.2 Å². The Morgan fingerprint density at radius 1 is 1.35 bits per heavy atom. The maximum absolute atomic E-state index is 11.0. The van der Waals surface area contributed by atoms with Gasteiger partial charge in [-0.05, 0) is 31.4 Å². The van der Waals surface area contributed by atoms with Gasteiger partial charge in [-0.15, -0.1) is 0 Å². The van der Waals surface area contributed by atoms with Crippen molar-refractivity contribution >= 4 is 11.9 Å². The Balaban J connectivity index is 2.08. The Morgan fingerprint density at radius 2 is 2.00 bits per heavy atom. The zero-order chi connectivity index (χ0) is 19.3. The van der Waals surface area contributed by atoms with Gasteiger partial charge >= 0.3 is 6.09 Å². The molecule has 0 aromatic carbocycles. The van der Waals surface area contributed by atoms with E-state index in [0.29, 0.717) is 35.5 Å². The summed E-state index contributed by atoms with van der Waals surface area (Å²) in [5.41, 5.74) is 6.47. The van der Waals surface area contributed by atoms with Crippen LogP contribution in [0, 0.1) is 5.92 Å². The third-order valence-electron chi connectivity index (χ3n) is 3.71. The van der Waals surface area contributed by atoms with Crippen LogP contribution in [0.4, 0.5) is 10.6 Å². The predicted molar refractivity (Wildman–Crippen MR) is 99.2 cm³/mol. The monoisotopic (exact) mass is 359 g/mol. The average molecular weight is 359 g/mol. The minimum absolute atomic E-state index is 0.298. The maximum Gasteiger partial charge on any atom is 0.412 e. The number of anilines is 1. The fraction of sp³-hybridized carbons (Fsp3) is 0.444. The molecule has 8 heteroatoms. The fourth-order valence-electron chi connectivity index (χ4n) is 2.62. The van der Waals surface area contributed by atoms with E-state index in [9.17, 15) is 4.79 Å². The number of amides is 1. The zero-order valence-electron chi connectivity index (χ0n) is 15.5. The number of carbonyl (C=O) groups is 1. The van der Waals surface area contributed by atoms with Crippen LogP contribution in [0.3, 0.4) is 0 Å². The van der Waals surface area contributed by atoms with E-state index in [1.807, 2.05) is 6.92 Å². The Morgan fingerprint density at radius 3 is 2.58 bits per heavy atom. The van der Waals surface area contributed by atoms with Gasteiger partial charge in [0.15, 0.2) is 11.6 Å². The van der Waals surface area contributed by atoms with Gasteiger partial charge in [-0.3, -0.25) is 4.90 Å². The van der Waals surface area contributed by atoms with E-state index >= 15 is 0 Å². The standard InChI is InChI=1S/C18H25N5O3/c1-12(2)8-18(3,19)11-26-14-9-21-16(22-10-14)13-5-6-20-15(7-13)23(4)17(24)25/h5-7,9-10,12H,8,11,19H2,1-4H3,(H,24,25)/t18-/m0/s1. The molecule has 2 rings (SSSR count). The number of rotatable bonds is 7. The molecule has 0 aliphatic rings. The molecule has 26 heavy (non-hydrogen) atoms. The summed E-state index contributed by atoms with van der Waals surface area (Å²) in [6.07, 6.45) is 4.43. The van der Waals surface area contributed by atoms with Crippen LogP contribution in [0.1, 0.15) is 27.2 Å². The highest BCUT2D eigenvalue weighted by Gasteiger charge is 2.21. The minimum Gasteiger partial charge on any atom is -0.488 e. The summed E-state index contributed by atoms with van der Waals surface area (Å²) >= 11 is 0. The summed E-state index contributed by atoms with van der Waals surface area (Å²) in [7, 11) is 1.42. The number of carboxylic acid groups (broad SMARTS) is 1. The van der Waals surface area contributed by atoms with Crippen molar-refractivity contribution in [1.29, 1.82) is 0 Å². The van der Waals surface area contributed by atoms with Crippen LogP contribution >= 0.6 is 0 Å². The molecule has 3 N–H and O–H groups in total. The van der Waals surface area contributed by atoms with Crippen LogP contribution in [-0.2, 0) is 0 Å². The lowest BCUT2D eigenvalue weighted by Gasteiger charge is -2.26. The Kier molecular flexibility index (Phi) is 6.10. The molecule has 0 unspecified atom stereocenters. The van der Waals surface area contributed by atoms with Gasteiger partial charge in [0.1, 0.15) is 12.4 Å². The highest BCUT2D eigenvalue weighted by atomic mass is 16.5. The van der Waals surface area contributed by atoms with Crippen molar-refractivity contribution in [2.45, 2.75) is 32.7 Å². The molecule has 0 fully saturated rings. The van der Waals surface area contributed by atoms with Crippen molar-refractivity contribution < 1.29 is 14.6 Å². The molecule has 2 aromatic rings. The number of hydrogen-bond donors (Lipinski definition) is 2. The number of nitrogens with zero attached hydrogens (tertiary/aromatic N) is 4. The van der Waals surface area contributed by atoms with Gasteiger partial charge in [0.2, 0.25) is 0 Å². The summed E-state index contributed by atoms with van der Waals surface area (Å²) in [4.78, 5) is 24.7. The zero-order valence-corrected chi connectivity index (χ0v) is 15.5. The van der Waals surface area contributed by atoms with Crippen molar-refractivity contribution in [2.75, 3.05) is 18.6 Å². The molecule has 2 heterocycles. The average Bonchev–Trinajstić information content (AvgIpc) is 2.59. The van der Waals surface area contributed by atoms with Crippen molar-refractivity contribution in [2.24, 2.45) is 11.7 Å². The second-order valence-electron chi connectivity index (χ2n) is 7.03. The first-order valence-electron chi connectivity index (χ1n) is 8.35. The van der Waals surface area contributed by atoms with Gasteiger partial charge in [-0.25, -0.2) is 19.7 Å². The van der Waals surface area contributed by atoms with Gasteiger partial charge in [0.25, 0.3) is 0 Å². The topological polar surface area (TPSA) is 114 Å². The first-order valence-corrected chi connectivity index (χ1v) is 8.35. The van der Waals surface area contributed by atoms with Crippen LogP contribution in [0.15, 0.2) is 30.7 Å². The number of pyridine rings is 1. The quantitative estimate of drug-likeness (QED) is 0.781. The Labute approximate surface area is 153 Å². The SMILES string of the molecule is CC(C)C[C@](C)(N)COc1cnc(-c2ccnc(N(C)C(=O)O)c2)nc1. The second-order valence-corrected chi connectivity index (χ2v) is 7.03. The first-order chi connectivity index (χ1) is 12.2. The third kappa shape index (κ3) is 5.38. The molecule has 0 bridgehead atoms. The van der Waals surface area contributed by atoms with Crippen molar-refractivity contribution in [3.05, 3.63) is 30.7 Å². The van der Waals surface area contributed by atoms with Crippen molar-refractivity contribution in [3.8, 4) is 17.1 Å². The molecule has 140 valence electrons. The highest BCUT2D eigenvalue weighted by molar-refractivity contribution is 5.84. The van der Waals surface area contributed by atoms with E-state index in [2.05, 4.69) is 28.8 Å². The van der Waals surface area contributed by atoms with Crippen LogP contribution in [-0.4, -0.2) is 45.3 Å². The molecule has 0 aliphatic heterocycles. The second kappa shape index (κ2) is 8.09. The van der Waals surface area contributed by atoms with Gasteiger partial charge in [-0.2, -0.15) is 0 Å². The summed E-state index contributed by atoms with van der Waals surface area (Å²) in [5.74, 6) is 1.77. The number of aromatic nitrogens is 3. The van der Waals surface area contributed by atoms with E-state index in [-0.39, 0.29) is 0 Å². The number of hydrogen-bond acceptors (Lipinski definition) is 6. The molecular formula is C18H25N5O3. The van der Waals surface area contributed by atoms with E-state index in [1.54, 1.807) is 24.5 Å². The summed E-state index contributed by atoms with van der Waals surface area (Å²) in [5, 5.41) is 9.04. The van der Waals surface area contributed by atoms with Crippen molar-refractivity contribution in [3.63, 3.8) is 0 Å². The lowest BCUT2D eigenvalue weighted by atomic mass is 9.93. The molecule has 0 saturated heterocycles. The lowest BCUT2D eigenvalue weighted by Crippen LogP contribution is -2.43. The van der Waals surface area contributed by atoms with E-state index < -0.39 is 11.6 Å². The molecule has 0 saturated carbocycles. The van der Waals surface area contributed by atoms with Gasteiger partial charge < -0.3 is 15.6 Å². The molecule has 1 atom stereocenters. The van der Waals surface area contributed by atoms with Crippen LogP contribution in [0.5, 0.6) is 5.75 Å². The molecule has 0 spiro atoms. The van der Waals surface area contributed by atoms with Gasteiger partial charge in [-0.1, -0.05) is 13.8 Å². The fourth-order valence-corrected chi connectivity index (χ4v) is 2.62. The van der Waals surface area contributed by atoms with Gasteiger partial charge in [0, 0.05) is 24.3 Å². The molecule has 0 aliphatic carbocycles. The molecule has 2 aromatic heterocycles. The molecular weight excluding hydrogens is 334 g/mol. The smallest absolute Gasteiger partial charge is 0.412 e. The van der Waals surface area contributed by atoms with Gasteiger partial charge in [0.05, 0.1) is 12.4 Å². The minimum atomic E-state index is -1.09. The molecule has 8 nitrogen and oxygen atoms in total. The van der Waals surface area contributed by atoms with Crippen LogP contribution in [0.25, 0.3) is 11.4 Å². The molecule has 0 radical (unpaired) electrons. The first kappa shape index (κ1) is 19.6. The third-order valence-corrected chi connectivity index (χ3v) is 3.71. The van der Waals surface area contributed by atoms with Crippen LogP contribution in [0.2, 0.25) is 0 Å². The Bertz CT molecular complexity index is 747. The van der Waals surface area contributed by atoms with Crippen LogP contribution < -0.4 is 15.4 Å². The summed E-state index contributed by atoms with van der Waals surface area (Å²) in [6.45, 7) is 6.57.